The number of rotatable bonds is 10. The Morgan fingerprint density at radius 3 is 1.31 bits per heavy atom. The van der Waals surface area contributed by atoms with Crippen LogP contribution < -0.4 is 0 Å². The predicted octanol–water partition coefficient (Wildman–Crippen LogP) is 15.1. The van der Waals surface area contributed by atoms with Crippen LogP contribution in [0.15, 0.2) is 224 Å². The highest BCUT2D eigenvalue weighted by Gasteiger charge is 2.15. The lowest BCUT2D eigenvalue weighted by Gasteiger charge is -2.12. The molecule has 0 unspecified atom stereocenters. The Bertz CT molecular complexity index is 3290. The highest BCUT2D eigenvalue weighted by molar-refractivity contribution is 5.99. The molecule has 0 amide bonds. The van der Waals surface area contributed by atoms with Crippen LogP contribution in [0.1, 0.15) is 19.7 Å². The first-order chi connectivity index (χ1) is 31.6. The second kappa shape index (κ2) is 17.9. The summed E-state index contributed by atoms with van der Waals surface area (Å²) in [5.41, 5.74) is 14.5. The first-order valence-corrected chi connectivity index (χ1v) is 21.6. The summed E-state index contributed by atoms with van der Waals surface area (Å²) >= 11 is 0. The van der Waals surface area contributed by atoms with Crippen LogP contribution in [-0.4, -0.2) is 24.9 Å². The summed E-state index contributed by atoms with van der Waals surface area (Å²) in [6.07, 6.45) is 6.13. The minimum atomic E-state index is 0.629. The number of benzene rings is 8. The van der Waals surface area contributed by atoms with Crippen molar-refractivity contribution < 1.29 is 0 Å². The molecule has 0 aliphatic rings. The lowest BCUT2D eigenvalue weighted by molar-refractivity contribution is 1.07. The van der Waals surface area contributed by atoms with Crippen molar-refractivity contribution in [3.63, 3.8) is 0 Å². The molecule has 0 N–H and O–H groups in total. The van der Waals surface area contributed by atoms with Crippen LogP contribution in [0.4, 0.5) is 0 Å². The van der Waals surface area contributed by atoms with E-state index < -0.39 is 0 Å². The minimum absolute atomic E-state index is 0.629. The van der Waals surface area contributed by atoms with Crippen LogP contribution in [0.2, 0.25) is 0 Å². The number of hydrogen-bond acceptors (Lipinski definition) is 5. The van der Waals surface area contributed by atoms with Crippen molar-refractivity contribution in [2.75, 3.05) is 0 Å². The molecule has 10 aromatic rings. The lowest BCUT2D eigenvalue weighted by atomic mass is 9.94. The zero-order valence-corrected chi connectivity index (χ0v) is 35.6. The Labute approximate surface area is 373 Å². The zero-order valence-electron chi connectivity index (χ0n) is 35.6. The van der Waals surface area contributed by atoms with Crippen LogP contribution in [-0.2, 0) is 0 Å². The third-order valence-electron chi connectivity index (χ3n) is 11.5. The molecule has 0 atom stereocenters. The molecule has 5 nitrogen and oxygen atoms in total. The maximum absolute atomic E-state index is 5.04. The van der Waals surface area contributed by atoms with Gasteiger partial charge in [0, 0.05) is 33.4 Å². The highest BCUT2D eigenvalue weighted by Crippen LogP contribution is 2.35. The second-order valence-electron chi connectivity index (χ2n) is 15.6. The fourth-order valence-corrected chi connectivity index (χ4v) is 8.10. The van der Waals surface area contributed by atoms with Gasteiger partial charge in [-0.05, 0) is 70.1 Å². The fourth-order valence-electron chi connectivity index (χ4n) is 8.10. The lowest BCUT2D eigenvalue weighted by Crippen LogP contribution is -2.00. The van der Waals surface area contributed by atoms with Gasteiger partial charge in [0.25, 0.3) is 0 Å². The van der Waals surface area contributed by atoms with Gasteiger partial charge in [-0.25, -0.2) is 24.9 Å². The molecule has 0 aliphatic carbocycles. The smallest absolute Gasteiger partial charge is 0.164 e. The van der Waals surface area contributed by atoms with Crippen molar-refractivity contribution in [3.05, 3.63) is 230 Å². The summed E-state index contributed by atoms with van der Waals surface area (Å²) in [4.78, 5) is 24.9. The van der Waals surface area contributed by atoms with Gasteiger partial charge < -0.3 is 0 Å². The third-order valence-corrected chi connectivity index (χ3v) is 11.5. The van der Waals surface area contributed by atoms with Crippen molar-refractivity contribution >= 4 is 16.3 Å². The van der Waals surface area contributed by atoms with Gasteiger partial charge in [-0.3, -0.25) is 0 Å². The maximum atomic E-state index is 5.04. The van der Waals surface area contributed by atoms with Crippen LogP contribution >= 0.6 is 0 Å². The molecule has 2 heterocycles. The van der Waals surface area contributed by atoms with E-state index in [2.05, 4.69) is 164 Å². The summed E-state index contributed by atoms with van der Waals surface area (Å²) in [6.45, 7) is 4.03. The Morgan fingerprint density at radius 1 is 0.344 bits per heavy atom. The van der Waals surface area contributed by atoms with E-state index in [1.165, 1.54) is 21.9 Å². The summed E-state index contributed by atoms with van der Waals surface area (Å²) in [6, 6.07) is 71.7. The van der Waals surface area contributed by atoms with Crippen molar-refractivity contribution in [1.82, 2.24) is 24.9 Å². The minimum Gasteiger partial charge on any atom is -0.228 e. The molecule has 304 valence electrons. The first-order valence-electron chi connectivity index (χ1n) is 21.6. The van der Waals surface area contributed by atoms with E-state index in [9.17, 15) is 0 Å². The average Bonchev–Trinajstić information content (AvgIpc) is 3.38. The SMILES string of the molecule is C/C=C\C(=C/C)c1nc(-c2ccccc2)cc(-c2ccc(-c3cccc4cc(-c5ccc(-c6nc(-c7ccccc7)nc(-c7ccc(-c8ccccc8)cc7)n6)cc5)ccc34)cc2)n1. The highest BCUT2D eigenvalue weighted by atomic mass is 15.0. The molecular weight excluding hydrogens is 779 g/mol. The van der Waals surface area contributed by atoms with Gasteiger partial charge in [0.15, 0.2) is 23.3 Å². The van der Waals surface area contributed by atoms with E-state index in [1.807, 2.05) is 74.5 Å². The topological polar surface area (TPSA) is 64.5 Å². The van der Waals surface area contributed by atoms with Gasteiger partial charge in [0.1, 0.15) is 0 Å². The maximum Gasteiger partial charge on any atom is 0.164 e. The van der Waals surface area contributed by atoms with Crippen molar-refractivity contribution in [2.45, 2.75) is 13.8 Å². The van der Waals surface area contributed by atoms with E-state index in [-0.39, 0.29) is 0 Å². The number of fused-ring (bicyclic) bond motifs is 1. The molecule has 64 heavy (non-hydrogen) atoms. The predicted molar refractivity (Wildman–Crippen MR) is 265 cm³/mol. The molecule has 0 radical (unpaired) electrons. The fraction of sp³-hybridized carbons (Fsp3) is 0.0339. The van der Waals surface area contributed by atoms with E-state index in [0.29, 0.717) is 23.3 Å². The number of hydrogen-bond donors (Lipinski definition) is 0. The van der Waals surface area contributed by atoms with Crippen LogP contribution in [0.3, 0.4) is 0 Å². The molecular formula is C59H43N5. The molecule has 0 fully saturated rings. The van der Waals surface area contributed by atoms with E-state index >= 15 is 0 Å². The molecule has 0 spiro atoms. The molecule has 0 aliphatic heterocycles. The van der Waals surface area contributed by atoms with Crippen LogP contribution in [0.5, 0.6) is 0 Å². The summed E-state index contributed by atoms with van der Waals surface area (Å²) in [7, 11) is 0. The Balaban J connectivity index is 0.935. The van der Waals surface area contributed by atoms with Gasteiger partial charge in [-0.15, -0.1) is 0 Å². The molecule has 0 bridgehead atoms. The zero-order chi connectivity index (χ0) is 43.2. The average molecular weight is 822 g/mol. The molecule has 5 heteroatoms. The second-order valence-corrected chi connectivity index (χ2v) is 15.6. The van der Waals surface area contributed by atoms with Crippen LogP contribution in [0.25, 0.3) is 106 Å². The molecule has 0 saturated carbocycles. The van der Waals surface area contributed by atoms with E-state index in [1.54, 1.807) is 0 Å². The number of allylic oxidation sites excluding steroid dienone is 4. The Hall–Kier alpha value is -8.41. The standard InChI is InChI=1S/C59H43N5/c1-3-15-40(4-2)56-60-54(45-18-10-6-11-19-45)39-55(61-56)46-30-28-44(29-31-46)52-23-14-22-51-38-50(36-37-53(51)52)43-26-34-49(35-27-43)59-63-57(47-20-12-7-13-21-47)62-58(64-59)48-32-24-42(25-33-48)41-16-8-5-9-17-41/h3-39H,1-2H3/b15-3-,40-4+. The number of aromatic nitrogens is 5. The first kappa shape index (κ1) is 39.7. The summed E-state index contributed by atoms with van der Waals surface area (Å²) in [5, 5.41) is 2.37. The van der Waals surface area contributed by atoms with Crippen LogP contribution in [0, 0.1) is 0 Å². The van der Waals surface area contributed by atoms with Crippen molar-refractivity contribution in [3.8, 4) is 90.1 Å². The van der Waals surface area contributed by atoms with Crippen molar-refractivity contribution in [1.29, 1.82) is 0 Å². The van der Waals surface area contributed by atoms with Gasteiger partial charge in [0.05, 0.1) is 11.4 Å². The van der Waals surface area contributed by atoms with Gasteiger partial charge in [-0.1, -0.05) is 212 Å². The monoisotopic (exact) mass is 821 g/mol. The Kier molecular flexibility index (Phi) is 11.1. The summed E-state index contributed by atoms with van der Waals surface area (Å²) in [5.74, 6) is 2.61. The normalized spacial score (nSPS) is 11.6. The molecule has 2 aromatic heterocycles. The van der Waals surface area contributed by atoms with Gasteiger partial charge in [0.2, 0.25) is 0 Å². The quantitative estimate of drug-likeness (QED) is 0.129. The molecule has 10 rings (SSSR count). The van der Waals surface area contributed by atoms with Gasteiger partial charge in [-0.2, -0.15) is 0 Å². The molecule has 8 aromatic carbocycles. The van der Waals surface area contributed by atoms with Gasteiger partial charge >= 0.3 is 0 Å². The Morgan fingerprint density at radius 2 is 0.766 bits per heavy atom. The summed E-state index contributed by atoms with van der Waals surface area (Å²) < 4.78 is 0. The third kappa shape index (κ3) is 8.31. The van der Waals surface area contributed by atoms with E-state index in [0.717, 1.165) is 67.0 Å². The molecule has 0 saturated heterocycles. The van der Waals surface area contributed by atoms with Crippen molar-refractivity contribution in [2.24, 2.45) is 0 Å². The van der Waals surface area contributed by atoms with E-state index in [4.69, 9.17) is 24.9 Å². The largest absolute Gasteiger partial charge is 0.228 e. The number of nitrogens with zero attached hydrogens (tertiary/aromatic N) is 5.